The van der Waals surface area contributed by atoms with Gasteiger partial charge in [0, 0.05) is 30.8 Å². The first-order chi connectivity index (χ1) is 14.5. The second-order valence-corrected chi connectivity index (χ2v) is 6.79. The summed E-state index contributed by atoms with van der Waals surface area (Å²) in [5.74, 6) is 1.53. The number of benzene rings is 2. The highest BCUT2D eigenvalue weighted by Crippen LogP contribution is 2.20. The van der Waals surface area contributed by atoms with E-state index < -0.39 is 6.61 Å². The highest BCUT2D eigenvalue weighted by atomic mass is 19.3. The number of nitrogens with one attached hydrogen (secondary N) is 2. The lowest BCUT2D eigenvalue weighted by atomic mass is 10.2. The van der Waals surface area contributed by atoms with Gasteiger partial charge in [0.05, 0.1) is 6.54 Å². The van der Waals surface area contributed by atoms with Crippen molar-refractivity contribution in [1.82, 2.24) is 15.5 Å². The maximum atomic E-state index is 12.6. The van der Waals surface area contributed by atoms with Crippen LogP contribution in [0.5, 0.6) is 11.5 Å². The van der Waals surface area contributed by atoms with E-state index in [1.807, 2.05) is 45.3 Å². The molecule has 0 saturated heterocycles. The molecule has 0 aromatic heterocycles. The Bertz CT molecular complexity index is 800. The summed E-state index contributed by atoms with van der Waals surface area (Å²) in [4.78, 5) is 6.67. The lowest BCUT2D eigenvalue weighted by molar-refractivity contribution is -0.0504. The number of likely N-dealkylation sites (N-methyl/N-ethyl adjacent to an activating group) is 1. The number of rotatable bonds is 11. The molecule has 2 aromatic carbocycles. The van der Waals surface area contributed by atoms with Crippen LogP contribution < -0.4 is 20.1 Å². The van der Waals surface area contributed by atoms with Crippen LogP contribution in [-0.4, -0.2) is 51.3 Å². The van der Waals surface area contributed by atoms with E-state index in [-0.39, 0.29) is 5.75 Å². The van der Waals surface area contributed by atoms with Gasteiger partial charge in [0.2, 0.25) is 0 Å². The van der Waals surface area contributed by atoms with Gasteiger partial charge in [-0.15, -0.1) is 0 Å². The first-order valence-corrected chi connectivity index (χ1v) is 9.90. The van der Waals surface area contributed by atoms with Crippen molar-refractivity contribution in [2.45, 2.75) is 26.6 Å². The fourth-order valence-electron chi connectivity index (χ4n) is 2.66. The van der Waals surface area contributed by atoms with E-state index in [1.165, 1.54) is 6.07 Å². The van der Waals surface area contributed by atoms with Gasteiger partial charge in [0.15, 0.2) is 5.96 Å². The highest BCUT2D eigenvalue weighted by Gasteiger charge is 2.10. The molecule has 0 radical (unpaired) electrons. The fraction of sp³-hybridized carbons (Fsp3) is 0.409. The maximum Gasteiger partial charge on any atom is 0.387 e. The Kier molecular flexibility index (Phi) is 9.86. The predicted molar refractivity (Wildman–Crippen MR) is 115 cm³/mol. The highest BCUT2D eigenvalue weighted by molar-refractivity contribution is 5.79. The number of hydrogen-bond acceptors (Lipinski definition) is 4. The Labute approximate surface area is 176 Å². The number of hydrogen-bond donors (Lipinski definition) is 2. The molecule has 6 nitrogen and oxygen atoms in total. The lowest BCUT2D eigenvalue weighted by Gasteiger charge is -2.15. The van der Waals surface area contributed by atoms with Gasteiger partial charge in [0.1, 0.15) is 18.1 Å². The average molecular weight is 421 g/mol. The molecule has 0 aliphatic rings. The van der Waals surface area contributed by atoms with Crippen LogP contribution in [0.25, 0.3) is 0 Å². The van der Waals surface area contributed by atoms with Crippen molar-refractivity contribution in [2.75, 3.05) is 33.8 Å². The van der Waals surface area contributed by atoms with Crippen molar-refractivity contribution in [3.05, 3.63) is 59.7 Å². The van der Waals surface area contributed by atoms with Gasteiger partial charge in [-0.2, -0.15) is 8.78 Å². The van der Waals surface area contributed by atoms with Crippen LogP contribution in [0, 0.1) is 0 Å². The normalized spacial score (nSPS) is 11.6. The summed E-state index contributed by atoms with van der Waals surface area (Å²) in [6.07, 6.45) is 0. The van der Waals surface area contributed by atoms with E-state index in [1.54, 1.807) is 18.2 Å². The van der Waals surface area contributed by atoms with E-state index >= 15 is 0 Å². The number of halogens is 2. The largest absolute Gasteiger partial charge is 0.492 e. The Hall–Kier alpha value is -2.87. The minimum Gasteiger partial charge on any atom is -0.492 e. The summed E-state index contributed by atoms with van der Waals surface area (Å²) in [5.41, 5.74) is 1.59. The topological polar surface area (TPSA) is 58.1 Å². The molecule has 0 spiro atoms. The molecule has 0 heterocycles. The molecule has 0 saturated carbocycles. The Morgan fingerprint density at radius 2 is 1.67 bits per heavy atom. The number of para-hydroxylation sites is 2. The third-order valence-electron chi connectivity index (χ3n) is 4.16. The van der Waals surface area contributed by atoms with Gasteiger partial charge in [-0.3, -0.25) is 0 Å². The molecule has 0 aliphatic carbocycles. The van der Waals surface area contributed by atoms with Crippen molar-refractivity contribution in [2.24, 2.45) is 4.99 Å². The van der Waals surface area contributed by atoms with Gasteiger partial charge in [0.25, 0.3) is 0 Å². The maximum absolute atomic E-state index is 12.6. The molecule has 0 bridgehead atoms. The standard InChI is InChI=1S/C22H30F2N4O2/c1-4-25-22(27-16-18-10-6-8-12-20(18)30-21(23)24)26-15-17-9-5-7-11-19(17)29-14-13-28(2)3/h5-12,21H,4,13-16H2,1-3H3,(H2,25,26,27). The monoisotopic (exact) mass is 420 g/mol. The fourth-order valence-corrected chi connectivity index (χ4v) is 2.66. The second-order valence-electron chi connectivity index (χ2n) is 6.79. The van der Waals surface area contributed by atoms with Crippen molar-refractivity contribution in [3.8, 4) is 11.5 Å². The molecule has 0 aliphatic heterocycles. The number of guanidine groups is 1. The first-order valence-electron chi connectivity index (χ1n) is 9.90. The molecule has 0 amide bonds. The molecular weight excluding hydrogens is 390 g/mol. The molecule has 0 unspecified atom stereocenters. The molecular formula is C22H30F2N4O2. The van der Waals surface area contributed by atoms with E-state index in [9.17, 15) is 8.78 Å². The van der Waals surface area contributed by atoms with Crippen LogP contribution in [0.3, 0.4) is 0 Å². The minimum atomic E-state index is -2.86. The second kappa shape index (κ2) is 12.6. The molecule has 2 aromatic rings. The van der Waals surface area contributed by atoms with Gasteiger partial charge in [-0.25, -0.2) is 4.99 Å². The summed E-state index contributed by atoms with van der Waals surface area (Å²) in [7, 11) is 4.00. The molecule has 30 heavy (non-hydrogen) atoms. The molecule has 164 valence electrons. The quantitative estimate of drug-likeness (QED) is 0.431. The van der Waals surface area contributed by atoms with E-state index in [4.69, 9.17) is 4.74 Å². The average Bonchev–Trinajstić information content (AvgIpc) is 2.71. The molecule has 2 rings (SSSR count). The number of nitrogens with zero attached hydrogens (tertiary/aromatic N) is 2. The van der Waals surface area contributed by atoms with Gasteiger partial charge in [-0.05, 0) is 33.2 Å². The van der Waals surface area contributed by atoms with Crippen molar-refractivity contribution >= 4 is 5.96 Å². The van der Waals surface area contributed by atoms with E-state index in [0.29, 0.717) is 37.8 Å². The predicted octanol–water partition coefficient (Wildman–Crippen LogP) is 3.48. The van der Waals surface area contributed by atoms with Crippen LogP contribution in [-0.2, 0) is 13.1 Å². The van der Waals surface area contributed by atoms with Crippen LogP contribution >= 0.6 is 0 Å². The summed E-state index contributed by atoms with van der Waals surface area (Å²) >= 11 is 0. The molecule has 0 atom stereocenters. The molecule has 0 fully saturated rings. The Morgan fingerprint density at radius 1 is 1.00 bits per heavy atom. The molecule has 8 heteroatoms. The van der Waals surface area contributed by atoms with Crippen molar-refractivity contribution in [3.63, 3.8) is 0 Å². The zero-order chi connectivity index (χ0) is 21.8. The van der Waals surface area contributed by atoms with Gasteiger partial charge in [-0.1, -0.05) is 36.4 Å². The van der Waals surface area contributed by atoms with Crippen LogP contribution in [0.1, 0.15) is 18.1 Å². The number of aliphatic imine (C=N–C) groups is 1. The summed E-state index contributed by atoms with van der Waals surface area (Å²) in [6.45, 7) is 1.90. The lowest BCUT2D eigenvalue weighted by Crippen LogP contribution is -2.36. The summed E-state index contributed by atoms with van der Waals surface area (Å²) in [5, 5.41) is 6.33. The molecule has 2 N–H and O–H groups in total. The number of alkyl halides is 2. The van der Waals surface area contributed by atoms with Gasteiger partial charge < -0.3 is 25.0 Å². The van der Waals surface area contributed by atoms with Crippen molar-refractivity contribution < 1.29 is 18.3 Å². The van der Waals surface area contributed by atoms with Gasteiger partial charge >= 0.3 is 6.61 Å². The van der Waals surface area contributed by atoms with E-state index in [0.717, 1.165) is 17.9 Å². The van der Waals surface area contributed by atoms with Crippen LogP contribution in [0.15, 0.2) is 53.5 Å². The van der Waals surface area contributed by atoms with Crippen molar-refractivity contribution in [1.29, 1.82) is 0 Å². The third-order valence-corrected chi connectivity index (χ3v) is 4.16. The zero-order valence-corrected chi connectivity index (χ0v) is 17.7. The van der Waals surface area contributed by atoms with E-state index in [2.05, 4.69) is 25.3 Å². The summed E-state index contributed by atoms with van der Waals surface area (Å²) in [6, 6.07) is 14.5. The minimum absolute atomic E-state index is 0.149. The van der Waals surface area contributed by atoms with Crippen LogP contribution in [0.4, 0.5) is 8.78 Å². The SMILES string of the molecule is CCNC(=NCc1ccccc1OCCN(C)C)NCc1ccccc1OC(F)F. The zero-order valence-electron chi connectivity index (χ0n) is 17.7. The number of ether oxygens (including phenoxy) is 2. The third kappa shape index (κ3) is 8.24. The van der Waals surface area contributed by atoms with Crippen LogP contribution in [0.2, 0.25) is 0 Å². The smallest absolute Gasteiger partial charge is 0.387 e. The first kappa shape index (κ1) is 23.4. The Morgan fingerprint density at radius 3 is 2.33 bits per heavy atom. The summed E-state index contributed by atoms with van der Waals surface area (Å²) < 4.78 is 35.7. The Balaban J connectivity index is 2.04.